The highest BCUT2D eigenvalue weighted by Crippen LogP contribution is 2.12. The largest absolute Gasteiger partial charge is 0.394 e. The second-order valence-corrected chi connectivity index (χ2v) is 4.68. The van der Waals surface area contributed by atoms with Crippen LogP contribution in [0.3, 0.4) is 0 Å². The van der Waals surface area contributed by atoms with Crippen molar-refractivity contribution in [3.63, 3.8) is 0 Å². The molecule has 17 heavy (non-hydrogen) atoms. The molecule has 5 nitrogen and oxygen atoms in total. The summed E-state index contributed by atoms with van der Waals surface area (Å²) in [6, 6.07) is -0.221. The zero-order chi connectivity index (χ0) is 13.2. The average Bonchev–Trinajstić information content (AvgIpc) is 2.49. The fourth-order valence-corrected chi connectivity index (χ4v) is 1.77. The van der Waals surface area contributed by atoms with Crippen LogP contribution in [0, 0.1) is 19.8 Å². The monoisotopic (exact) mass is 239 g/mol. The van der Waals surface area contributed by atoms with E-state index in [9.17, 15) is 9.90 Å². The van der Waals surface area contributed by atoms with Gasteiger partial charge in [0.05, 0.1) is 23.9 Å². The summed E-state index contributed by atoms with van der Waals surface area (Å²) in [5.74, 6) is 0.0297. The fourth-order valence-electron chi connectivity index (χ4n) is 1.77. The normalized spacial score (nSPS) is 12.9. The van der Waals surface area contributed by atoms with E-state index >= 15 is 0 Å². The van der Waals surface area contributed by atoms with Gasteiger partial charge in [0.2, 0.25) is 0 Å². The van der Waals surface area contributed by atoms with Crippen molar-refractivity contribution < 1.29 is 9.90 Å². The number of rotatable bonds is 4. The number of nitrogens with zero attached hydrogens (tertiary/aromatic N) is 2. The first-order valence-electron chi connectivity index (χ1n) is 5.80. The third-order valence-corrected chi connectivity index (χ3v) is 3.05. The van der Waals surface area contributed by atoms with Crippen LogP contribution in [0.25, 0.3) is 0 Å². The lowest BCUT2D eigenvalue weighted by molar-refractivity contribution is 0.0895. The van der Waals surface area contributed by atoms with E-state index in [4.69, 9.17) is 0 Å². The molecule has 1 atom stereocenters. The molecule has 96 valence electrons. The summed E-state index contributed by atoms with van der Waals surface area (Å²) >= 11 is 0. The quantitative estimate of drug-likeness (QED) is 0.816. The van der Waals surface area contributed by atoms with E-state index < -0.39 is 0 Å². The number of carbonyl (C=O) groups excluding carboxylic acids is 1. The van der Waals surface area contributed by atoms with Gasteiger partial charge in [-0.1, -0.05) is 13.8 Å². The van der Waals surface area contributed by atoms with Crippen LogP contribution in [0.4, 0.5) is 0 Å². The maximum Gasteiger partial charge on any atom is 0.255 e. The highest BCUT2D eigenvalue weighted by molar-refractivity contribution is 5.96. The lowest BCUT2D eigenvalue weighted by Gasteiger charge is -2.19. The summed E-state index contributed by atoms with van der Waals surface area (Å²) in [6.45, 7) is 7.54. The van der Waals surface area contributed by atoms with Gasteiger partial charge in [0.1, 0.15) is 0 Å². The Morgan fingerprint density at radius 2 is 2.06 bits per heavy atom. The van der Waals surface area contributed by atoms with Gasteiger partial charge in [-0.05, 0) is 19.8 Å². The number of nitrogens with one attached hydrogen (secondary N) is 1. The lowest BCUT2D eigenvalue weighted by Crippen LogP contribution is -2.41. The SMILES string of the molecule is Cc1nn(C)c(C)c1C(=O)N[C@H](CO)C(C)C. The molecule has 1 aromatic heterocycles. The van der Waals surface area contributed by atoms with Crippen LogP contribution in [-0.4, -0.2) is 33.4 Å². The Morgan fingerprint density at radius 1 is 1.47 bits per heavy atom. The predicted octanol–water partition coefficient (Wildman–Crippen LogP) is 0.784. The first kappa shape index (κ1) is 13.7. The Bertz CT molecular complexity index is 410. The van der Waals surface area contributed by atoms with E-state index in [1.54, 1.807) is 4.68 Å². The van der Waals surface area contributed by atoms with Crippen LogP contribution in [0.5, 0.6) is 0 Å². The van der Waals surface area contributed by atoms with Crippen LogP contribution < -0.4 is 5.32 Å². The standard InChI is InChI=1S/C12H21N3O2/c1-7(2)10(6-16)13-12(17)11-8(3)14-15(5)9(11)4/h7,10,16H,6H2,1-5H3,(H,13,17)/t10-/m1/s1. The number of carbonyl (C=O) groups is 1. The molecule has 1 amide bonds. The minimum absolute atomic E-state index is 0.0538. The number of aromatic nitrogens is 2. The van der Waals surface area contributed by atoms with Gasteiger partial charge in [-0.2, -0.15) is 5.10 Å². The molecule has 0 unspecified atom stereocenters. The smallest absolute Gasteiger partial charge is 0.255 e. The predicted molar refractivity (Wildman–Crippen MR) is 65.9 cm³/mol. The number of hydrogen-bond donors (Lipinski definition) is 2. The van der Waals surface area contributed by atoms with Gasteiger partial charge < -0.3 is 10.4 Å². The first-order valence-corrected chi connectivity index (χ1v) is 5.80. The van der Waals surface area contributed by atoms with E-state index in [0.717, 1.165) is 5.69 Å². The minimum Gasteiger partial charge on any atom is -0.394 e. The van der Waals surface area contributed by atoms with E-state index in [1.165, 1.54) is 0 Å². The van der Waals surface area contributed by atoms with E-state index in [1.807, 2.05) is 34.7 Å². The molecule has 0 saturated carbocycles. The zero-order valence-corrected chi connectivity index (χ0v) is 11.1. The molecule has 2 N–H and O–H groups in total. The molecule has 0 saturated heterocycles. The highest BCUT2D eigenvalue weighted by Gasteiger charge is 2.21. The van der Waals surface area contributed by atoms with Gasteiger partial charge in [0.25, 0.3) is 5.91 Å². The van der Waals surface area contributed by atoms with Crippen molar-refractivity contribution in [3.05, 3.63) is 17.0 Å². The van der Waals surface area contributed by atoms with Gasteiger partial charge in [-0.25, -0.2) is 0 Å². The number of aliphatic hydroxyl groups excluding tert-OH is 1. The molecular formula is C12H21N3O2. The van der Waals surface area contributed by atoms with Crippen molar-refractivity contribution in [2.45, 2.75) is 33.7 Å². The van der Waals surface area contributed by atoms with Crippen LogP contribution in [0.2, 0.25) is 0 Å². The summed E-state index contributed by atoms with van der Waals surface area (Å²) in [4.78, 5) is 12.1. The molecule has 0 aliphatic carbocycles. The summed E-state index contributed by atoms with van der Waals surface area (Å²) in [6.07, 6.45) is 0. The third kappa shape index (κ3) is 2.85. The van der Waals surface area contributed by atoms with Crippen LogP contribution in [0.1, 0.15) is 35.6 Å². The molecule has 0 aliphatic heterocycles. The molecule has 0 spiro atoms. The second-order valence-electron chi connectivity index (χ2n) is 4.68. The highest BCUT2D eigenvalue weighted by atomic mass is 16.3. The number of aryl methyl sites for hydroxylation is 2. The second kappa shape index (κ2) is 5.31. The Hall–Kier alpha value is -1.36. The van der Waals surface area contributed by atoms with Crippen molar-refractivity contribution in [2.24, 2.45) is 13.0 Å². The molecule has 0 radical (unpaired) electrons. The van der Waals surface area contributed by atoms with Crippen molar-refractivity contribution in [1.82, 2.24) is 15.1 Å². The summed E-state index contributed by atoms with van der Waals surface area (Å²) in [7, 11) is 1.81. The zero-order valence-electron chi connectivity index (χ0n) is 11.1. The van der Waals surface area contributed by atoms with Gasteiger partial charge in [-0.15, -0.1) is 0 Å². The Kier molecular flexibility index (Phi) is 4.28. The van der Waals surface area contributed by atoms with Gasteiger partial charge in [0.15, 0.2) is 0 Å². The summed E-state index contributed by atoms with van der Waals surface area (Å²) in [5.41, 5.74) is 2.15. The molecule has 1 aromatic rings. The Balaban J connectivity index is 2.90. The van der Waals surface area contributed by atoms with Gasteiger partial charge in [0, 0.05) is 12.7 Å². The van der Waals surface area contributed by atoms with Gasteiger partial charge >= 0.3 is 0 Å². The fraction of sp³-hybridized carbons (Fsp3) is 0.667. The van der Waals surface area contributed by atoms with E-state index in [-0.39, 0.29) is 24.5 Å². The third-order valence-electron chi connectivity index (χ3n) is 3.05. The first-order chi connectivity index (χ1) is 7.88. The number of hydrogen-bond acceptors (Lipinski definition) is 3. The van der Waals surface area contributed by atoms with Crippen LogP contribution in [0.15, 0.2) is 0 Å². The van der Waals surface area contributed by atoms with Gasteiger partial charge in [-0.3, -0.25) is 9.48 Å². The Morgan fingerprint density at radius 3 is 2.41 bits per heavy atom. The molecule has 1 rings (SSSR count). The van der Waals surface area contributed by atoms with Crippen LogP contribution >= 0.6 is 0 Å². The van der Waals surface area contributed by atoms with E-state index in [0.29, 0.717) is 11.3 Å². The van der Waals surface area contributed by atoms with Crippen molar-refractivity contribution in [3.8, 4) is 0 Å². The van der Waals surface area contributed by atoms with Crippen molar-refractivity contribution in [1.29, 1.82) is 0 Å². The number of aliphatic hydroxyl groups is 1. The molecule has 0 aromatic carbocycles. The molecule has 5 heteroatoms. The van der Waals surface area contributed by atoms with E-state index in [2.05, 4.69) is 10.4 Å². The Labute approximate surface area is 102 Å². The molecule has 1 heterocycles. The molecule has 0 fully saturated rings. The maximum atomic E-state index is 12.1. The average molecular weight is 239 g/mol. The van der Waals surface area contributed by atoms with Crippen molar-refractivity contribution >= 4 is 5.91 Å². The maximum absolute atomic E-state index is 12.1. The number of amides is 1. The topological polar surface area (TPSA) is 67.2 Å². The summed E-state index contributed by atoms with van der Waals surface area (Å²) < 4.78 is 1.69. The molecule has 0 bridgehead atoms. The molecule has 0 aliphatic rings. The molecular weight excluding hydrogens is 218 g/mol. The summed E-state index contributed by atoms with van der Waals surface area (Å²) in [5, 5.41) is 16.2. The minimum atomic E-state index is -0.221. The lowest BCUT2D eigenvalue weighted by atomic mass is 10.0. The van der Waals surface area contributed by atoms with Crippen LogP contribution in [-0.2, 0) is 7.05 Å². The van der Waals surface area contributed by atoms with Crippen molar-refractivity contribution in [2.75, 3.05) is 6.61 Å².